The number of halogens is 2. The van der Waals surface area contributed by atoms with Gasteiger partial charge >= 0.3 is 5.97 Å². The van der Waals surface area contributed by atoms with Crippen LogP contribution in [-0.2, 0) is 28.8 Å². The van der Waals surface area contributed by atoms with Crippen molar-refractivity contribution < 1.29 is 33.0 Å². The van der Waals surface area contributed by atoms with Gasteiger partial charge in [-0.1, -0.05) is 6.07 Å². The summed E-state index contributed by atoms with van der Waals surface area (Å²) in [6.45, 7) is 12.5. The third-order valence-electron chi connectivity index (χ3n) is 8.60. The molecule has 43 heavy (non-hydrogen) atoms. The van der Waals surface area contributed by atoms with E-state index in [1.165, 1.54) is 24.3 Å². The fourth-order valence-electron chi connectivity index (χ4n) is 6.62. The van der Waals surface area contributed by atoms with E-state index >= 15 is 4.39 Å². The molecule has 0 aliphatic carbocycles. The van der Waals surface area contributed by atoms with Crippen LogP contribution < -0.4 is 4.74 Å². The van der Waals surface area contributed by atoms with Crippen molar-refractivity contribution in [2.45, 2.75) is 78.9 Å². The van der Waals surface area contributed by atoms with Gasteiger partial charge < -0.3 is 19.5 Å². The molecule has 0 bridgehead atoms. The number of carbonyl (C=O) groups excluding carboxylic acids is 1. The Kier molecular flexibility index (Phi) is 8.36. The molecule has 0 radical (unpaired) electrons. The lowest BCUT2D eigenvalue weighted by Crippen LogP contribution is -2.33. The second-order valence-corrected chi connectivity index (χ2v) is 12.5. The molecule has 228 valence electrons. The zero-order chi connectivity index (χ0) is 31.2. The van der Waals surface area contributed by atoms with Crippen LogP contribution in [-0.4, -0.2) is 47.2 Å². The Morgan fingerprint density at radius 1 is 0.953 bits per heavy atom. The van der Waals surface area contributed by atoms with E-state index in [4.69, 9.17) is 9.47 Å². The van der Waals surface area contributed by atoms with Crippen LogP contribution in [0.3, 0.4) is 0 Å². The fourth-order valence-corrected chi connectivity index (χ4v) is 6.62. The quantitative estimate of drug-likeness (QED) is 0.344. The molecule has 3 aromatic rings. The number of nitrogens with zero attached hydrogens (tertiary/aromatic N) is 1. The van der Waals surface area contributed by atoms with Crippen LogP contribution in [0.1, 0.15) is 82.6 Å². The average Bonchev–Trinajstić information content (AvgIpc) is 3.19. The smallest absolute Gasteiger partial charge is 0.337 e. The van der Waals surface area contributed by atoms with Gasteiger partial charge in [-0.25, -0.2) is 13.6 Å². The summed E-state index contributed by atoms with van der Waals surface area (Å²) in [5, 5.41) is 10.5. The Balaban J connectivity index is 1.70. The predicted molar refractivity (Wildman–Crippen MR) is 161 cm³/mol. The molecule has 0 spiro atoms. The second kappa shape index (κ2) is 11.7. The highest BCUT2D eigenvalue weighted by Crippen LogP contribution is 2.45. The molecule has 1 atom stereocenters. The van der Waals surface area contributed by atoms with Crippen molar-refractivity contribution >= 4 is 11.9 Å². The van der Waals surface area contributed by atoms with Gasteiger partial charge in [0.2, 0.25) is 0 Å². The molecule has 1 amide bonds. The van der Waals surface area contributed by atoms with E-state index in [9.17, 15) is 19.1 Å². The van der Waals surface area contributed by atoms with E-state index in [1.54, 1.807) is 11.0 Å². The number of hydrogen-bond acceptors (Lipinski definition) is 4. The van der Waals surface area contributed by atoms with E-state index < -0.39 is 29.3 Å². The van der Waals surface area contributed by atoms with Crippen LogP contribution in [0.25, 0.3) is 11.1 Å². The molecule has 0 saturated carbocycles. The Morgan fingerprint density at radius 2 is 1.63 bits per heavy atom. The van der Waals surface area contributed by atoms with Crippen LogP contribution in [0, 0.1) is 32.4 Å². The molecule has 0 fully saturated rings. The predicted octanol–water partition coefficient (Wildman–Crippen LogP) is 7.06. The van der Waals surface area contributed by atoms with Gasteiger partial charge in [-0.2, -0.15) is 0 Å². The summed E-state index contributed by atoms with van der Waals surface area (Å²) in [5.74, 6) is -2.06. The zero-order valence-electron chi connectivity index (χ0n) is 25.7. The van der Waals surface area contributed by atoms with E-state index in [0.717, 1.165) is 39.8 Å². The number of fused-ring (bicyclic) bond motifs is 2. The number of benzene rings is 3. The molecule has 6 nitrogen and oxygen atoms in total. The van der Waals surface area contributed by atoms with Crippen LogP contribution in [0.2, 0.25) is 0 Å². The summed E-state index contributed by atoms with van der Waals surface area (Å²) in [6, 6.07) is 7.14. The van der Waals surface area contributed by atoms with Gasteiger partial charge in [-0.3, -0.25) is 4.79 Å². The van der Waals surface area contributed by atoms with Crippen molar-refractivity contribution in [1.29, 1.82) is 0 Å². The van der Waals surface area contributed by atoms with Crippen LogP contribution in [0.5, 0.6) is 5.75 Å². The van der Waals surface area contributed by atoms with Crippen molar-refractivity contribution in [2.75, 3.05) is 19.7 Å². The van der Waals surface area contributed by atoms with Gasteiger partial charge in [0.15, 0.2) is 17.7 Å². The minimum atomic E-state index is -1.30. The molecule has 2 aliphatic heterocycles. The standard InChI is InChI=1S/C35H39F2NO5/c1-19-26-11-8-16-42-31(26)28(37)18-27(19)29-20(2)24-12-14-38(33(39)22-9-7-10-23(36)17-22)15-13-25(24)21(3)30(29)32(34(40)41)43-35(4,5)6/h7,9-10,17-18,32H,8,11-16H2,1-6H3,(H,40,41). The third kappa shape index (κ3) is 5.90. The highest BCUT2D eigenvalue weighted by atomic mass is 19.1. The number of rotatable bonds is 5. The lowest BCUT2D eigenvalue weighted by Gasteiger charge is -2.31. The maximum atomic E-state index is 15.6. The van der Waals surface area contributed by atoms with Gasteiger partial charge in [0.25, 0.3) is 5.91 Å². The number of carboxylic acid groups (broad SMARTS) is 1. The normalized spacial score (nSPS) is 15.7. The first-order valence-corrected chi connectivity index (χ1v) is 14.8. The lowest BCUT2D eigenvalue weighted by atomic mass is 9.79. The van der Waals surface area contributed by atoms with Gasteiger partial charge in [-0.15, -0.1) is 0 Å². The number of aliphatic carboxylic acids is 1. The Morgan fingerprint density at radius 3 is 2.26 bits per heavy atom. The first-order chi connectivity index (χ1) is 20.3. The van der Waals surface area contributed by atoms with E-state index in [-0.39, 0.29) is 17.2 Å². The van der Waals surface area contributed by atoms with Crippen molar-refractivity contribution in [3.05, 3.63) is 86.5 Å². The highest BCUT2D eigenvalue weighted by Gasteiger charge is 2.35. The summed E-state index contributed by atoms with van der Waals surface area (Å²) < 4.78 is 41.4. The maximum Gasteiger partial charge on any atom is 0.337 e. The monoisotopic (exact) mass is 591 g/mol. The molecular weight excluding hydrogens is 552 g/mol. The Labute approximate surface area is 251 Å². The highest BCUT2D eigenvalue weighted by molar-refractivity contribution is 5.94. The number of ether oxygens (including phenoxy) is 2. The molecule has 1 N–H and O–H groups in total. The summed E-state index contributed by atoms with van der Waals surface area (Å²) in [6.07, 6.45) is 1.14. The summed E-state index contributed by atoms with van der Waals surface area (Å²) in [7, 11) is 0. The molecular formula is C35H39F2NO5. The lowest BCUT2D eigenvalue weighted by molar-refractivity contribution is -0.160. The SMILES string of the molecule is Cc1c(-c2c(C)c3c(c(C)c2C(OC(C)(C)C)C(=O)O)CCN(C(=O)c2cccc(F)c2)CC3)cc(F)c2c1CCCO2. The molecule has 2 heterocycles. The zero-order valence-corrected chi connectivity index (χ0v) is 25.7. The average molecular weight is 592 g/mol. The van der Waals surface area contributed by atoms with Gasteiger partial charge in [-0.05, 0) is 130 Å². The number of carboxylic acids is 1. The second-order valence-electron chi connectivity index (χ2n) is 12.5. The van der Waals surface area contributed by atoms with E-state index in [2.05, 4.69) is 0 Å². The molecule has 0 saturated heterocycles. The number of carbonyl (C=O) groups is 2. The third-order valence-corrected chi connectivity index (χ3v) is 8.60. The molecule has 1 unspecified atom stereocenters. The topological polar surface area (TPSA) is 76.1 Å². The van der Waals surface area contributed by atoms with Gasteiger partial charge in [0, 0.05) is 29.8 Å². The molecule has 8 heteroatoms. The maximum absolute atomic E-state index is 15.6. The largest absolute Gasteiger partial charge is 0.490 e. The first kappa shape index (κ1) is 30.7. The van der Waals surface area contributed by atoms with Crippen LogP contribution in [0.4, 0.5) is 8.78 Å². The Hall–Kier alpha value is -3.78. The van der Waals surface area contributed by atoms with Crippen molar-refractivity contribution in [1.82, 2.24) is 4.90 Å². The van der Waals surface area contributed by atoms with E-state index in [1.807, 2.05) is 41.5 Å². The number of hydrogen-bond donors (Lipinski definition) is 1. The van der Waals surface area contributed by atoms with Gasteiger partial charge in [0.05, 0.1) is 12.2 Å². The van der Waals surface area contributed by atoms with Gasteiger partial charge in [0.1, 0.15) is 5.82 Å². The van der Waals surface area contributed by atoms with Crippen LogP contribution in [0.15, 0.2) is 30.3 Å². The van der Waals surface area contributed by atoms with Crippen LogP contribution >= 0.6 is 0 Å². The molecule has 3 aromatic carbocycles. The Bertz CT molecular complexity index is 1610. The van der Waals surface area contributed by atoms with Crippen molar-refractivity contribution in [3.8, 4) is 16.9 Å². The summed E-state index contributed by atoms with van der Waals surface area (Å²) in [5.41, 5.74) is 6.55. The summed E-state index contributed by atoms with van der Waals surface area (Å²) in [4.78, 5) is 27.9. The molecule has 5 rings (SSSR count). The molecule has 0 aromatic heterocycles. The first-order valence-electron chi connectivity index (χ1n) is 14.8. The van der Waals surface area contributed by atoms with E-state index in [0.29, 0.717) is 55.6 Å². The minimum absolute atomic E-state index is 0.254. The summed E-state index contributed by atoms with van der Waals surface area (Å²) >= 11 is 0. The minimum Gasteiger partial charge on any atom is -0.490 e. The molecule has 2 aliphatic rings. The van der Waals surface area contributed by atoms with Crippen molar-refractivity contribution in [2.24, 2.45) is 0 Å². The fraction of sp³-hybridized carbons (Fsp3) is 0.429. The van der Waals surface area contributed by atoms with Crippen molar-refractivity contribution in [3.63, 3.8) is 0 Å². The number of amides is 1.